The molecular weight excluding hydrogens is 236 g/mol. The molecule has 19 heavy (non-hydrogen) atoms. The summed E-state index contributed by atoms with van der Waals surface area (Å²) in [4.78, 5) is 11.3. The second-order valence-corrected chi connectivity index (χ2v) is 6.19. The van der Waals surface area contributed by atoms with Crippen molar-refractivity contribution in [3.8, 4) is 0 Å². The predicted octanol–water partition coefficient (Wildman–Crippen LogP) is 2.60. The third-order valence-corrected chi connectivity index (χ3v) is 3.31. The molecule has 0 aromatic carbocycles. The molecular formula is C15H26N4. The fourth-order valence-corrected chi connectivity index (χ4v) is 2.05. The van der Waals surface area contributed by atoms with E-state index in [0.29, 0.717) is 12.0 Å². The van der Waals surface area contributed by atoms with Crippen molar-refractivity contribution >= 4 is 5.95 Å². The average Bonchev–Trinajstić information content (AvgIpc) is 3.18. The Balaban J connectivity index is 1.97. The number of nitrogens with zero attached hydrogens (tertiary/aromatic N) is 3. The first-order valence-electron chi connectivity index (χ1n) is 7.37. The molecule has 106 valence electrons. The molecule has 0 amide bonds. The summed E-state index contributed by atoms with van der Waals surface area (Å²) in [5.74, 6) is 1.46. The maximum Gasteiger partial charge on any atom is 0.225 e. The van der Waals surface area contributed by atoms with Crippen LogP contribution in [0.5, 0.6) is 0 Å². The van der Waals surface area contributed by atoms with Crippen LogP contribution >= 0.6 is 0 Å². The molecule has 0 unspecified atom stereocenters. The number of rotatable bonds is 7. The van der Waals surface area contributed by atoms with Crippen LogP contribution < -0.4 is 10.2 Å². The molecule has 1 aromatic heterocycles. The van der Waals surface area contributed by atoms with Crippen LogP contribution in [0.3, 0.4) is 0 Å². The van der Waals surface area contributed by atoms with Gasteiger partial charge in [0.15, 0.2) is 0 Å². The summed E-state index contributed by atoms with van der Waals surface area (Å²) in [6.07, 6.45) is 6.53. The highest BCUT2D eigenvalue weighted by molar-refractivity contribution is 5.31. The molecule has 1 aliphatic carbocycles. The molecule has 0 aliphatic heterocycles. The summed E-state index contributed by atoms with van der Waals surface area (Å²) < 4.78 is 0. The van der Waals surface area contributed by atoms with Gasteiger partial charge in [0.05, 0.1) is 0 Å². The van der Waals surface area contributed by atoms with Gasteiger partial charge in [-0.15, -0.1) is 0 Å². The van der Waals surface area contributed by atoms with Crippen LogP contribution in [0.25, 0.3) is 0 Å². The lowest BCUT2D eigenvalue weighted by Crippen LogP contribution is -2.35. The van der Waals surface area contributed by atoms with Gasteiger partial charge in [0.25, 0.3) is 0 Å². The van der Waals surface area contributed by atoms with Crippen molar-refractivity contribution in [1.29, 1.82) is 0 Å². The Labute approximate surface area is 116 Å². The maximum absolute atomic E-state index is 4.53. The largest absolute Gasteiger partial charge is 0.338 e. The standard InChI is InChI=1S/C15H26N4/c1-11(2)10-19(12(3)4)15-17-8-13(9-18-15)7-16-14-5-6-14/h8-9,11-12,14,16H,5-7,10H2,1-4H3. The van der Waals surface area contributed by atoms with Crippen LogP contribution in [0.1, 0.15) is 46.1 Å². The van der Waals surface area contributed by atoms with E-state index < -0.39 is 0 Å². The Hall–Kier alpha value is -1.16. The van der Waals surface area contributed by atoms with E-state index in [1.54, 1.807) is 0 Å². The average molecular weight is 262 g/mol. The number of hydrogen-bond acceptors (Lipinski definition) is 4. The van der Waals surface area contributed by atoms with Gasteiger partial charge in [-0.05, 0) is 32.6 Å². The molecule has 1 heterocycles. The second kappa shape index (κ2) is 6.33. The summed E-state index contributed by atoms with van der Waals surface area (Å²) >= 11 is 0. The zero-order chi connectivity index (χ0) is 13.8. The van der Waals surface area contributed by atoms with Crippen molar-refractivity contribution < 1.29 is 0 Å². The zero-order valence-electron chi connectivity index (χ0n) is 12.6. The van der Waals surface area contributed by atoms with E-state index in [0.717, 1.165) is 25.1 Å². The smallest absolute Gasteiger partial charge is 0.225 e. The second-order valence-electron chi connectivity index (χ2n) is 6.19. The molecule has 0 radical (unpaired) electrons. The van der Waals surface area contributed by atoms with Crippen LogP contribution in [0.4, 0.5) is 5.95 Å². The Morgan fingerprint density at radius 3 is 2.32 bits per heavy atom. The number of anilines is 1. The van der Waals surface area contributed by atoms with E-state index in [-0.39, 0.29) is 0 Å². The first-order valence-corrected chi connectivity index (χ1v) is 7.37. The van der Waals surface area contributed by atoms with E-state index in [4.69, 9.17) is 0 Å². The molecule has 0 saturated heterocycles. The van der Waals surface area contributed by atoms with E-state index >= 15 is 0 Å². The van der Waals surface area contributed by atoms with Crippen molar-refractivity contribution in [2.45, 2.75) is 59.2 Å². The fourth-order valence-electron chi connectivity index (χ4n) is 2.05. The summed E-state index contributed by atoms with van der Waals surface area (Å²) in [7, 11) is 0. The van der Waals surface area contributed by atoms with Gasteiger partial charge in [0, 0.05) is 43.1 Å². The molecule has 1 aromatic rings. The monoisotopic (exact) mass is 262 g/mol. The summed E-state index contributed by atoms with van der Waals surface area (Å²) in [5, 5.41) is 3.48. The summed E-state index contributed by atoms with van der Waals surface area (Å²) in [6, 6.07) is 1.16. The quantitative estimate of drug-likeness (QED) is 0.820. The van der Waals surface area contributed by atoms with Gasteiger partial charge in [-0.25, -0.2) is 9.97 Å². The highest BCUT2D eigenvalue weighted by Crippen LogP contribution is 2.19. The van der Waals surface area contributed by atoms with Crippen molar-refractivity contribution in [3.63, 3.8) is 0 Å². The van der Waals surface area contributed by atoms with E-state index in [2.05, 4.69) is 47.9 Å². The van der Waals surface area contributed by atoms with Gasteiger partial charge in [0.2, 0.25) is 5.95 Å². The normalized spacial score (nSPS) is 15.3. The van der Waals surface area contributed by atoms with Crippen LogP contribution in [-0.4, -0.2) is 28.6 Å². The third kappa shape index (κ3) is 4.46. The molecule has 4 heteroatoms. The fraction of sp³-hybridized carbons (Fsp3) is 0.733. The van der Waals surface area contributed by atoms with E-state index in [9.17, 15) is 0 Å². The van der Waals surface area contributed by atoms with E-state index in [1.807, 2.05) is 12.4 Å². The minimum atomic E-state index is 0.429. The molecule has 0 atom stereocenters. The first kappa shape index (κ1) is 14.3. The molecule has 2 rings (SSSR count). The predicted molar refractivity (Wildman–Crippen MR) is 79.2 cm³/mol. The highest BCUT2D eigenvalue weighted by atomic mass is 15.3. The van der Waals surface area contributed by atoms with Gasteiger partial charge in [0.1, 0.15) is 0 Å². The van der Waals surface area contributed by atoms with Gasteiger partial charge in [-0.2, -0.15) is 0 Å². The molecule has 1 saturated carbocycles. The van der Waals surface area contributed by atoms with Crippen molar-refractivity contribution in [1.82, 2.24) is 15.3 Å². The Kier molecular flexibility index (Phi) is 4.75. The number of hydrogen-bond donors (Lipinski definition) is 1. The Morgan fingerprint density at radius 1 is 1.21 bits per heavy atom. The molecule has 1 N–H and O–H groups in total. The number of nitrogens with one attached hydrogen (secondary N) is 1. The summed E-state index contributed by atoms with van der Waals surface area (Å²) in [6.45, 7) is 10.7. The first-order chi connectivity index (χ1) is 9.06. The van der Waals surface area contributed by atoms with Crippen LogP contribution in [0.15, 0.2) is 12.4 Å². The van der Waals surface area contributed by atoms with Crippen molar-refractivity contribution in [2.75, 3.05) is 11.4 Å². The topological polar surface area (TPSA) is 41.1 Å². The van der Waals surface area contributed by atoms with Gasteiger partial charge < -0.3 is 10.2 Å². The molecule has 1 aliphatic rings. The van der Waals surface area contributed by atoms with Gasteiger partial charge in [-0.1, -0.05) is 13.8 Å². The lowest BCUT2D eigenvalue weighted by molar-refractivity contribution is 0.559. The maximum atomic E-state index is 4.53. The zero-order valence-corrected chi connectivity index (χ0v) is 12.6. The molecule has 4 nitrogen and oxygen atoms in total. The van der Waals surface area contributed by atoms with Gasteiger partial charge in [-0.3, -0.25) is 0 Å². The SMILES string of the molecule is CC(C)CN(c1ncc(CNC2CC2)cn1)C(C)C. The molecule has 1 fully saturated rings. The van der Waals surface area contributed by atoms with E-state index in [1.165, 1.54) is 18.4 Å². The number of aromatic nitrogens is 2. The van der Waals surface area contributed by atoms with Gasteiger partial charge >= 0.3 is 0 Å². The molecule has 0 bridgehead atoms. The van der Waals surface area contributed by atoms with Crippen LogP contribution in [-0.2, 0) is 6.54 Å². The lowest BCUT2D eigenvalue weighted by Gasteiger charge is -2.28. The van der Waals surface area contributed by atoms with Crippen molar-refractivity contribution in [3.05, 3.63) is 18.0 Å². The summed E-state index contributed by atoms with van der Waals surface area (Å²) in [5.41, 5.74) is 1.17. The minimum Gasteiger partial charge on any atom is -0.338 e. The third-order valence-electron chi connectivity index (χ3n) is 3.31. The Morgan fingerprint density at radius 2 is 1.84 bits per heavy atom. The lowest BCUT2D eigenvalue weighted by atomic mass is 10.2. The minimum absolute atomic E-state index is 0.429. The Bertz CT molecular complexity index is 382. The van der Waals surface area contributed by atoms with Crippen LogP contribution in [0, 0.1) is 5.92 Å². The molecule has 0 spiro atoms. The highest BCUT2D eigenvalue weighted by Gasteiger charge is 2.20. The van der Waals surface area contributed by atoms with Crippen LogP contribution in [0.2, 0.25) is 0 Å². The van der Waals surface area contributed by atoms with Crippen molar-refractivity contribution in [2.24, 2.45) is 5.92 Å².